The molecule has 1 aromatic rings. The van der Waals surface area contributed by atoms with Gasteiger partial charge in [0.1, 0.15) is 6.10 Å². The summed E-state index contributed by atoms with van der Waals surface area (Å²) in [7, 11) is 0. The summed E-state index contributed by atoms with van der Waals surface area (Å²) in [6.07, 6.45) is 1.87. The molecule has 0 bridgehead atoms. The van der Waals surface area contributed by atoms with E-state index >= 15 is 0 Å². The van der Waals surface area contributed by atoms with Gasteiger partial charge in [-0.1, -0.05) is 25.1 Å². The molecule has 1 saturated carbocycles. The van der Waals surface area contributed by atoms with Crippen molar-refractivity contribution in [2.45, 2.75) is 38.4 Å². The van der Waals surface area contributed by atoms with Crippen LogP contribution in [-0.4, -0.2) is 23.3 Å². The molecule has 0 amide bonds. The average Bonchev–Trinajstić information content (AvgIpc) is 2.36. The van der Waals surface area contributed by atoms with E-state index in [0.717, 1.165) is 19.3 Å². The fraction of sp³-hybridized carbons (Fsp3) is 0.500. The van der Waals surface area contributed by atoms with E-state index in [2.05, 4.69) is 0 Å². The van der Waals surface area contributed by atoms with Crippen LogP contribution in [0.3, 0.4) is 0 Å². The van der Waals surface area contributed by atoms with Crippen molar-refractivity contribution >= 4 is 5.97 Å². The fourth-order valence-corrected chi connectivity index (χ4v) is 2.26. The Bertz CT molecular complexity index is 374. The van der Waals surface area contributed by atoms with E-state index < -0.39 is 6.10 Å². The second-order valence-corrected chi connectivity index (χ2v) is 4.71. The Labute approximate surface area is 101 Å². The van der Waals surface area contributed by atoms with Crippen molar-refractivity contribution in [2.24, 2.45) is 5.92 Å². The Morgan fingerprint density at radius 1 is 1.29 bits per heavy atom. The van der Waals surface area contributed by atoms with Crippen LogP contribution in [0.15, 0.2) is 30.3 Å². The molecule has 0 spiro atoms. The second kappa shape index (κ2) is 5.32. The first kappa shape index (κ1) is 12.1. The molecule has 3 heteroatoms. The molecule has 0 saturated heterocycles. The molecule has 0 aromatic heterocycles. The number of esters is 1. The molecule has 3 nitrogen and oxygen atoms in total. The highest BCUT2D eigenvalue weighted by atomic mass is 16.6. The van der Waals surface area contributed by atoms with Gasteiger partial charge in [0.15, 0.2) is 0 Å². The summed E-state index contributed by atoms with van der Waals surface area (Å²) in [6.45, 7) is 1.99. The van der Waals surface area contributed by atoms with Gasteiger partial charge in [-0.25, -0.2) is 4.79 Å². The highest BCUT2D eigenvalue weighted by molar-refractivity contribution is 5.89. The van der Waals surface area contributed by atoms with E-state index in [0.29, 0.717) is 5.56 Å². The van der Waals surface area contributed by atoms with Gasteiger partial charge in [0.25, 0.3) is 0 Å². The topological polar surface area (TPSA) is 46.5 Å². The van der Waals surface area contributed by atoms with Crippen LogP contribution in [0.5, 0.6) is 0 Å². The zero-order chi connectivity index (χ0) is 12.3. The van der Waals surface area contributed by atoms with Gasteiger partial charge < -0.3 is 9.84 Å². The molecule has 1 aromatic carbocycles. The Morgan fingerprint density at radius 3 is 2.71 bits per heavy atom. The molecule has 1 aliphatic rings. The minimum Gasteiger partial charge on any atom is -0.456 e. The number of rotatable bonds is 2. The molecular weight excluding hydrogens is 216 g/mol. The molecule has 0 radical (unpaired) electrons. The zero-order valence-corrected chi connectivity index (χ0v) is 10.0. The molecule has 1 aliphatic carbocycles. The lowest BCUT2D eigenvalue weighted by atomic mass is 9.86. The summed E-state index contributed by atoms with van der Waals surface area (Å²) in [4.78, 5) is 11.8. The molecule has 1 fully saturated rings. The Hall–Kier alpha value is -1.35. The molecule has 17 heavy (non-hydrogen) atoms. The van der Waals surface area contributed by atoms with Crippen LogP contribution >= 0.6 is 0 Å². The standard InChI is InChI=1S/C14H18O3/c1-10-6-5-9-12(13(10)15)17-14(16)11-7-3-2-4-8-11/h2-4,7-8,10,12-13,15H,5-6,9H2,1H3/t10-,12+,13-/m1/s1. The fourth-order valence-electron chi connectivity index (χ4n) is 2.26. The summed E-state index contributed by atoms with van der Waals surface area (Å²) < 4.78 is 5.37. The molecule has 92 valence electrons. The first-order chi connectivity index (χ1) is 8.18. The molecule has 2 rings (SSSR count). The lowest BCUT2D eigenvalue weighted by molar-refractivity contribution is -0.0571. The lowest BCUT2D eigenvalue weighted by Gasteiger charge is -2.32. The first-order valence-electron chi connectivity index (χ1n) is 6.12. The van der Waals surface area contributed by atoms with Crippen LogP contribution in [0.1, 0.15) is 36.5 Å². The van der Waals surface area contributed by atoms with Crippen molar-refractivity contribution in [3.8, 4) is 0 Å². The summed E-state index contributed by atoms with van der Waals surface area (Å²) >= 11 is 0. The second-order valence-electron chi connectivity index (χ2n) is 4.71. The molecular formula is C14H18O3. The third-order valence-electron chi connectivity index (χ3n) is 3.38. The molecule has 0 unspecified atom stereocenters. The van der Waals surface area contributed by atoms with Crippen molar-refractivity contribution in [1.29, 1.82) is 0 Å². The third kappa shape index (κ3) is 2.86. The maximum Gasteiger partial charge on any atom is 0.338 e. The van der Waals surface area contributed by atoms with Crippen LogP contribution in [0.2, 0.25) is 0 Å². The summed E-state index contributed by atoms with van der Waals surface area (Å²) in [5.41, 5.74) is 0.540. The number of aliphatic hydroxyl groups excluding tert-OH is 1. The van der Waals surface area contributed by atoms with Gasteiger partial charge in [0, 0.05) is 0 Å². The first-order valence-corrected chi connectivity index (χ1v) is 6.12. The Balaban J connectivity index is 1.99. The van der Waals surface area contributed by atoms with Gasteiger partial charge in [-0.3, -0.25) is 0 Å². The number of hydrogen-bond donors (Lipinski definition) is 1. The molecule has 0 aliphatic heterocycles. The Morgan fingerprint density at radius 2 is 2.00 bits per heavy atom. The van der Waals surface area contributed by atoms with Crippen molar-refractivity contribution in [3.63, 3.8) is 0 Å². The van der Waals surface area contributed by atoms with Crippen molar-refractivity contribution in [2.75, 3.05) is 0 Å². The van der Waals surface area contributed by atoms with Crippen LogP contribution in [0, 0.1) is 5.92 Å². The monoisotopic (exact) mass is 234 g/mol. The minimum absolute atomic E-state index is 0.206. The predicted octanol–water partition coefficient (Wildman–Crippen LogP) is 2.39. The van der Waals surface area contributed by atoms with Crippen molar-refractivity contribution < 1.29 is 14.6 Å². The average molecular weight is 234 g/mol. The molecule has 3 atom stereocenters. The SMILES string of the molecule is C[C@@H]1CCC[C@H](OC(=O)c2ccccc2)[C@@H]1O. The minimum atomic E-state index is -0.531. The number of hydrogen-bond acceptors (Lipinski definition) is 3. The Kier molecular flexibility index (Phi) is 3.79. The number of carbonyl (C=O) groups is 1. The van der Waals surface area contributed by atoms with E-state index in [1.165, 1.54) is 0 Å². The largest absolute Gasteiger partial charge is 0.456 e. The van der Waals surface area contributed by atoms with E-state index in [1.54, 1.807) is 24.3 Å². The molecule has 0 heterocycles. The number of aliphatic hydroxyl groups is 1. The van der Waals surface area contributed by atoms with Gasteiger partial charge >= 0.3 is 5.97 Å². The van der Waals surface area contributed by atoms with E-state index in [1.807, 2.05) is 13.0 Å². The van der Waals surface area contributed by atoms with E-state index in [4.69, 9.17) is 4.74 Å². The smallest absolute Gasteiger partial charge is 0.338 e. The van der Waals surface area contributed by atoms with E-state index in [9.17, 15) is 9.90 Å². The summed E-state index contributed by atoms with van der Waals surface area (Å²) in [6, 6.07) is 8.91. The van der Waals surface area contributed by atoms with Gasteiger partial charge in [0.2, 0.25) is 0 Å². The van der Waals surface area contributed by atoms with Crippen LogP contribution in [-0.2, 0) is 4.74 Å². The summed E-state index contributed by atoms with van der Waals surface area (Å²) in [5, 5.41) is 9.96. The third-order valence-corrected chi connectivity index (χ3v) is 3.38. The van der Waals surface area contributed by atoms with Crippen LogP contribution < -0.4 is 0 Å². The number of ether oxygens (including phenoxy) is 1. The lowest BCUT2D eigenvalue weighted by Crippen LogP contribution is -2.39. The van der Waals surface area contributed by atoms with E-state index in [-0.39, 0.29) is 18.0 Å². The summed E-state index contributed by atoms with van der Waals surface area (Å²) in [5.74, 6) is -0.138. The van der Waals surface area contributed by atoms with Gasteiger partial charge in [0.05, 0.1) is 11.7 Å². The maximum atomic E-state index is 11.8. The number of benzene rings is 1. The number of carbonyl (C=O) groups excluding carboxylic acids is 1. The predicted molar refractivity (Wildman–Crippen MR) is 64.7 cm³/mol. The van der Waals surface area contributed by atoms with Crippen molar-refractivity contribution in [3.05, 3.63) is 35.9 Å². The van der Waals surface area contributed by atoms with Crippen molar-refractivity contribution in [1.82, 2.24) is 0 Å². The molecule has 1 N–H and O–H groups in total. The van der Waals surface area contributed by atoms with Gasteiger partial charge in [-0.05, 0) is 37.3 Å². The van der Waals surface area contributed by atoms with Gasteiger partial charge in [-0.15, -0.1) is 0 Å². The quantitative estimate of drug-likeness (QED) is 0.799. The van der Waals surface area contributed by atoms with Crippen LogP contribution in [0.25, 0.3) is 0 Å². The van der Waals surface area contributed by atoms with Crippen LogP contribution in [0.4, 0.5) is 0 Å². The van der Waals surface area contributed by atoms with Gasteiger partial charge in [-0.2, -0.15) is 0 Å². The normalized spacial score (nSPS) is 28.7. The zero-order valence-electron chi connectivity index (χ0n) is 10.0. The highest BCUT2D eigenvalue weighted by Gasteiger charge is 2.31. The maximum absolute atomic E-state index is 11.8. The highest BCUT2D eigenvalue weighted by Crippen LogP contribution is 2.27.